The van der Waals surface area contributed by atoms with E-state index in [2.05, 4.69) is 10.3 Å². The molecule has 0 radical (unpaired) electrons. The first-order valence-corrected chi connectivity index (χ1v) is 9.24. The summed E-state index contributed by atoms with van der Waals surface area (Å²) in [5, 5.41) is 13.6. The van der Waals surface area contributed by atoms with Gasteiger partial charge in [-0.05, 0) is 29.8 Å². The van der Waals surface area contributed by atoms with Crippen LogP contribution in [0.1, 0.15) is 16.1 Å². The Labute approximate surface area is 176 Å². The van der Waals surface area contributed by atoms with E-state index >= 15 is 0 Å². The second kappa shape index (κ2) is 8.55. The zero-order chi connectivity index (χ0) is 21.1. The van der Waals surface area contributed by atoms with Crippen molar-refractivity contribution in [2.24, 2.45) is 7.05 Å². The number of amides is 1. The minimum Gasteiger partial charge on any atom is -0.501 e. The molecule has 0 atom stereocenters. The summed E-state index contributed by atoms with van der Waals surface area (Å²) in [4.78, 5) is 29.3. The molecule has 0 fully saturated rings. The number of carbonyl (C=O) groups is 1. The van der Waals surface area contributed by atoms with Crippen LogP contribution in [0, 0.1) is 0 Å². The first-order valence-electron chi connectivity index (χ1n) is 8.49. The number of halogens is 2. The SMILES string of the molecule is COc1ccccc1-c1nc(C(=O)NCc2ccc(Cl)c(Cl)c2)c(O)c(=O)n1C. The number of hydrogen-bond acceptors (Lipinski definition) is 5. The summed E-state index contributed by atoms with van der Waals surface area (Å²) in [6.07, 6.45) is 0. The fraction of sp³-hybridized carbons (Fsp3) is 0.150. The number of para-hydroxylation sites is 1. The maximum absolute atomic E-state index is 12.6. The molecule has 3 aromatic rings. The summed E-state index contributed by atoms with van der Waals surface area (Å²) in [6.45, 7) is 0.107. The number of nitrogens with zero attached hydrogens (tertiary/aromatic N) is 2. The van der Waals surface area contributed by atoms with Crippen LogP contribution in [0.5, 0.6) is 11.5 Å². The molecule has 9 heteroatoms. The van der Waals surface area contributed by atoms with Crippen LogP contribution in [0.2, 0.25) is 10.0 Å². The zero-order valence-corrected chi connectivity index (χ0v) is 17.1. The Kier molecular flexibility index (Phi) is 6.10. The maximum Gasteiger partial charge on any atom is 0.296 e. The van der Waals surface area contributed by atoms with Gasteiger partial charge in [0.05, 0.1) is 22.7 Å². The number of rotatable bonds is 5. The molecule has 1 amide bonds. The number of ether oxygens (including phenoxy) is 1. The van der Waals surface area contributed by atoms with Gasteiger partial charge in [0.2, 0.25) is 5.75 Å². The lowest BCUT2D eigenvalue weighted by Gasteiger charge is -2.14. The second-order valence-corrected chi connectivity index (χ2v) is 6.94. The normalized spacial score (nSPS) is 10.6. The van der Waals surface area contributed by atoms with Gasteiger partial charge in [-0.15, -0.1) is 0 Å². The van der Waals surface area contributed by atoms with Crippen LogP contribution in [0.15, 0.2) is 47.3 Å². The maximum atomic E-state index is 12.6. The summed E-state index contributed by atoms with van der Waals surface area (Å²) in [6, 6.07) is 11.9. The number of hydrogen-bond donors (Lipinski definition) is 2. The van der Waals surface area contributed by atoms with Crippen LogP contribution in [0.4, 0.5) is 0 Å². The lowest BCUT2D eigenvalue weighted by molar-refractivity contribution is 0.0942. The Morgan fingerprint density at radius 1 is 1.21 bits per heavy atom. The van der Waals surface area contributed by atoms with Crippen molar-refractivity contribution in [1.82, 2.24) is 14.9 Å². The van der Waals surface area contributed by atoms with Crippen LogP contribution in [-0.2, 0) is 13.6 Å². The van der Waals surface area contributed by atoms with Crippen molar-refractivity contribution < 1.29 is 14.6 Å². The molecule has 0 saturated heterocycles. The summed E-state index contributed by atoms with van der Waals surface area (Å²) in [7, 11) is 2.94. The van der Waals surface area contributed by atoms with Crippen molar-refractivity contribution in [2.75, 3.05) is 7.11 Å². The third-order valence-electron chi connectivity index (χ3n) is 4.27. The molecule has 7 nitrogen and oxygen atoms in total. The summed E-state index contributed by atoms with van der Waals surface area (Å²) < 4.78 is 6.47. The fourth-order valence-electron chi connectivity index (χ4n) is 2.73. The molecule has 0 bridgehead atoms. The van der Waals surface area contributed by atoms with E-state index in [0.717, 1.165) is 4.57 Å². The third kappa shape index (κ3) is 4.21. The van der Waals surface area contributed by atoms with Crippen molar-refractivity contribution in [3.05, 3.63) is 74.1 Å². The Morgan fingerprint density at radius 2 is 1.93 bits per heavy atom. The highest BCUT2D eigenvalue weighted by Gasteiger charge is 2.22. The standard InChI is InChI=1S/C20H17Cl2N3O4/c1-25-18(12-5-3-4-6-15(12)29-2)24-16(17(26)20(25)28)19(27)23-10-11-7-8-13(21)14(22)9-11/h3-9,26H,10H2,1-2H3,(H,23,27). The highest BCUT2D eigenvalue weighted by atomic mass is 35.5. The molecule has 1 aromatic heterocycles. The molecule has 0 aliphatic rings. The number of carbonyl (C=O) groups excluding carboxylic acids is 1. The molecular weight excluding hydrogens is 417 g/mol. The molecule has 2 aromatic carbocycles. The molecule has 29 heavy (non-hydrogen) atoms. The Balaban J connectivity index is 1.96. The quantitative estimate of drug-likeness (QED) is 0.642. The lowest BCUT2D eigenvalue weighted by Crippen LogP contribution is -2.29. The van der Waals surface area contributed by atoms with Gasteiger partial charge >= 0.3 is 0 Å². The van der Waals surface area contributed by atoms with E-state index in [1.165, 1.54) is 14.2 Å². The molecule has 0 aliphatic heterocycles. The van der Waals surface area contributed by atoms with Crippen LogP contribution in [0.3, 0.4) is 0 Å². The van der Waals surface area contributed by atoms with Crippen molar-refractivity contribution in [3.8, 4) is 22.9 Å². The molecule has 2 N–H and O–H groups in total. The highest BCUT2D eigenvalue weighted by Crippen LogP contribution is 2.28. The molecule has 3 rings (SSSR count). The van der Waals surface area contributed by atoms with E-state index in [0.29, 0.717) is 26.9 Å². The van der Waals surface area contributed by atoms with E-state index in [-0.39, 0.29) is 18.1 Å². The number of nitrogens with one attached hydrogen (secondary N) is 1. The Bertz CT molecular complexity index is 1150. The van der Waals surface area contributed by atoms with Gasteiger partial charge in [0.1, 0.15) is 11.6 Å². The van der Waals surface area contributed by atoms with E-state index in [4.69, 9.17) is 27.9 Å². The minimum absolute atomic E-state index is 0.107. The molecule has 150 valence electrons. The van der Waals surface area contributed by atoms with Crippen LogP contribution < -0.4 is 15.6 Å². The van der Waals surface area contributed by atoms with Crippen molar-refractivity contribution in [2.45, 2.75) is 6.54 Å². The number of aromatic nitrogens is 2. The van der Waals surface area contributed by atoms with Gasteiger partial charge in [0.25, 0.3) is 11.5 Å². The van der Waals surface area contributed by atoms with Crippen molar-refractivity contribution >= 4 is 29.1 Å². The average molecular weight is 434 g/mol. The number of benzene rings is 2. The average Bonchev–Trinajstić information content (AvgIpc) is 2.73. The van der Waals surface area contributed by atoms with Gasteiger partial charge in [0, 0.05) is 13.6 Å². The summed E-state index contributed by atoms with van der Waals surface area (Å²) >= 11 is 11.9. The number of aromatic hydroxyl groups is 1. The third-order valence-corrected chi connectivity index (χ3v) is 5.01. The second-order valence-electron chi connectivity index (χ2n) is 6.13. The van der Waals surface area contributed by atoms with Crippen LogP contribution in [-0.4, -0.2) is 27.7 Å². The highest BCUT2D eigenvalue weighted by molar-refractivity contribution is 6.42. The number of methoxy groups -OCH3 is 1. The van der Waals surface area contributed by atoms with E-state index in [1.54, 1.807) is 42.5 Å². The largest absolute Gasteiger partial charge is 0.501 e. The molecule has 0 saturated carbocycles. The first-order chi connectivity index (χ1) is 13.8. The van der Waals surface area contributed by atoms with Crippen LogP contribution >= 0.6 is 23.2 Å². The molecule has 0 unspecified atom stereocenters. The topological polar surface area (TPSA) is 93.5 Å². The van der Waals surface area contributed by atoms with Gasteiger partial charge in [-0.3, -0.25) is 14.2 Å². The molecule has 1 heterocycles. The van der Waals surface area contributed by atoms with E-state index < -0.39 is 17.2 Å². The van der Waals surface area contributed by atoms with Crippen LogP contribution in [0.25, 0.3) is 11.4 Å². The van der Waals surface area contributed by atoms with Gasteiger partial charge in [-0.2, -0.15) is 0 Å². The smallest absolute Gasteiger partial charge is 0.296 e. The first kappa shape index (κ1) is 20.7. The molecule has 0 aliphatic carbocycles. The Hall–Kier alpha value is -3.03. The lowest BCUT2D eigenvalue weighted by atomic mass is 10.1. The Morgan fingerprint density at radius 3 is 2.62 bits per heavy atom. The van der Waals surface area contributed by atoms with Gasteiger partial charge in [0.15, 0.2) is 5.69 Å². The monoisotopic (exact) mass is 433 g/mol. The zero-order valence-electron chi connectivity index (χ0n) is 15.6. The van der Waals surface area contributed by atoms with E-state index in [1.807, 2.05) is 0 Å². The van der Waals surface area contributed by atoms with Gasteiger partial charge in [-0.1, -0.05) is 41.4 Å². The predicted molar refractivity (Wildman–Crippen MR) is 111 cm³/mol. The van der Waals surface area contributed by atoms with Gasteiger partial charge in [-0.25, -0.2) is 4.98 Å². The van der Waals surface area contributed by atoms with Gasteiger partial charge < -0.3 is 15.2 Å². The van der Waals surface area contributed by atoms with E-state index in [9.17, 15) is 14.7 Å². The molecule has 0 spiro atoms. The molecular formula is C20H17Cl2N3O4. The van der Waals surface area contributed by atoms with Crippen molar-refractivity contribution in [3.63, 3.8) is 0 Å². The predicted octanol–water partition coefficient (Wildman–Crippen LogP) is 3.40. The fourth-order valence-corrected chi connectivity index (χ4v) is 3.06. The summed E-state index contributed by atoms with van der Waals surface area (Å²) in [5.74, 6) is -0.784. The van der Waals surface area contributed by atoms with Crippen molar-refractivity contribution in [1.29, 1.82) is 0 Å². The minimum atomic E-state index is -0.749. The summed E-state index contributed by atoms with van der Waals surface area (Å²) in [5.41, 5.74) is 0.0730.